The number of benzene rings is 1. The van der Waals surface area contributed by atoms with Crippen LogP contribution in [0.2, 0.25) is 0 Å². The minimum Gasteiger partial charge on any atom is -0.227 e. The van der Waals surface area contributed by atoms with Gasteiger partial charge in [-0.15, -0.1) is 0 Å². The van der Waals surface area contributed by atoms with Crippen LogP contribution in [-0.4, -0.2) is 33.1 Å². The van der Waals surface area contributed by atoms with Crippen molar-refractivity contribution in [2.24, 2.45) is 5.41 Å². The van der Waals surface area contributed by atoms with Crippen LogP contribution in [0.1, 0.15) is 27.2 Å². The molecule has 1 aromatic rings. The van der Waals surface area contributed by atoms with Crippen molar-refractivity contribution >= 4 is 19.7 Å². The molecule has 0 spiro atoms. The third kappa shape index (κ3) is 3.06. The molecule has 22 heavy (non-hydrogen) atoms. The second-order valence-corrected chi connectivity index (χ2v) is 11.1. The Bertz CT molecular complexity index is 835. The Morgan fingerprint density at radius 2 is 1.64 bits per heavy atom. The predicted molar refractivity (Wildman–Crippen MR) is 86.8 cm³/mol. The van der Waals surface area contributed by atoms with Crippen LogP contribution in [0.4, 0.5) is 0 Å². The van der Waals surface area contributed by atoms with Gasteiger partial charge in [-0.3, -0.25) is 0 Å². The molecule has 2 atom stereocenters. The average molecular weight is 340 g/mol. The predicted octanol–water partition coefficient (Wildman–Crippen LogP) is 2.07. The van der Waals surface area contributed by atoms with Crippen molar-refractivity contribution in [2.75, 3.05) is 6.26 Å². The van der Waals surface area contributed by atoms with Crippen LogP contribution in [0.3, 0.4) is 0 Å². The molecular formula is C16H20O4S2. The minimum atomic E-state index is -3.71. The number of hydrogen-bond donors (Lipinski definition) is 0. The summed E-state index contributed by atoms with van der Waals surface area (Å²) in [6.45, 7) is 5.58. The van der Waals surface area contributed by atoms with Crippen LogP contribution < -0.4 is 0 Å². The summed E-state index contributed by atoms with van der Waals surface area (Å²) in [5.74, 6) is 5.65. The van der Waals surface area contributed by atoms with Crippen LogP contribution in [0.25, 0.3) is 0 Å². The van der Waals surface area contributed by atoms with Crippen molar-refractivity contribution in [3.8, 4) is 11.8 Å². The Morgan fingerprint density at radius 1 is 1.09 bits per heavy atom. The van der Waals surface area contributed by atoms with Gasteiger partial charge in [-0.05, 0) is 39.3 Å². The van der Waals surface area contributed by atoms with Gasteiger partial charge in [0, 0.05) is 11.7 Å². The van der Waals surface area contributed by atoms with Crippen molar-refractivity contribution in [1.82, 2.24) is 0 Å². The molecule has 0 radical (unpaired) electrons. The summed E-state index contributed by atoms with van der Waals surface area (Å²) in [6.07, 6.45) is 1.09. The molecule has 1 saturated carbocycles. The molecule has 0 N–H and O–H groups in total. The number of hydrogen-bond acceptors (Lipinski definition) is 4. The summed E-state index contributed by atoms with van der Waals surface area (Å²) >= 11 is 0. The third-order valence-corrected chi connectivity index (χ3v) is 7.88. The largest absolute Gasteiger partial charge is 0.227 e. The van der Waals surface area contributed by atoms with Crippen LogP contribution in [0.5, 0.6) is 0 Å². The lowest BCUT2D eigenvalue weighted by Crippen LogP contribution is -2.28. The van der Waals surface area contributed by atoms with E-state index in [4.69, 9.17) is 0 Å². The van der Waals surface area contributed by atoms with E-state index in [-0.39, 0.29) is 16.7 Å². The molecule has 0 heterocycles. The highest BCUT2D eigenvalue weighted by molar-refractivity contribution is 7.97. The monoisotopic (exact) mass is 340 g/mol. The van der Waals surface area contributed by atoms with E-state index in [1.165, 1.54) is 12.1 Å². The van der Waals surface area contributed by atoms with Gasteiger partial charge < -0.3 is 0 Å². The Labute approximate surface area is 132 Å². The van der Waals surface area contributed by atoms with Gasteiger partial charge in [-0.1, -0.05) is 30.0 Å². The summed E-state index contributed by atoms with van der Waals surface area (Å²) in [5.41, 5.74) is -0.388. The first kappa shape index (κ1) is 17.0. The van der Waals surface area contributed by atoms with Crippen molar-refractivity contribution in [2.45, 2.75) is 42.1 Å². The molecule has 0 saturated heterocycles. The molecule has 1 aliphatic rings. The fourth-order valence-corrected chi connectivity index (χ4v) is 6.36. The maximum Gasteiger partial charge on any atom is 0.183 e. The molecule has 1 aliphatic carbocycles. The highest BCUT2D eigenvalue weighted by Crippen LogP contribution is 2.50. The summed E-state index contributed by atoms with van der Waals surface area (Å²) in [4.78, 5) is 0.142. The standard InChI is InChI=1S/C16H20O4S2/c1-15(2,3)10-11-16(21(4,17)18)12-14(16)22(19,20)13-8-6-5-7-9-13/h5-9,14H,12H2,1-4H3/t14-,16-/m0/s1. The minimum absolute atomic E-state index is 0.0339. The zero-order valence-corrected chi connectivity index (χ0v) is 14.8. The highest BCUT2D eigenvalue weighted by Gasteiger charge is 2.67. The van der Waals surface area contributed by atoms with Crippen LogP contribution in [0, 0.1) is 17.3 Å². The van der Waals surface area contributed by atoms with Crippen LogP contribution in [-0.2, 0) is 19.7 Å². The first-order chi connectivity index (χ1) is 9.90. The molecule has 0 aromatic heterocycles. The van der Waals surface area contributed by atoms with E-state index < -0.39 is 29.7 Å². The maximum absolute atomic E-state index is 12.6. The van der Waals surface area contributed by atoms with Crippen molar-refractivity contribution in [3.63, 3.8) is 0 Å². The Kier molecular flexibility index (Phi) is 3.95. The molecule has 0 aliphatic heterocycles. The molecular weight excluding hydrogens is 320 g/mol. The SMILES string of the molecule is CC(C)(C)C#C[C@]1(S(C)(=O)=O)C[C@@H]1S(=O)(=O)c1ccccc1. The van der Waals surface area contributed by atoms with Gasteiger partial charge in [0.05, 0.1) is 10.1 Å². The van der Waals surface area contributed by atoms with Gasteiger partial charge in [0.1, 0.15) is 0 Å². The van der Waals surface area contributed by atoms with Crippen LogP contribution >= 0.6 is 0 Å². The lowest BCUT2D eigenvalue weighted by Gasteiger charge is -2.12. The van der Waals surface area contributed by atoms with E-state index in [9.17, 15) is 16.8 Å². The summed E-state index contributed by atoms with van der Waals surface area (Å²) in [5, 5.41) is -0.993. The molecule has 4 nitrogen and oxygen atoms in total. The van der Waals surface area contributed by atoms with Gasteiger partial charge in [0.15, 0.2) is 24.4 Å². The summed E-state index contributed by atoms with van der Waals surface area (Å²) in [7, 11) is -7.31. The zero-order chi connectivity index (χ0) is 16.8. The van der Waals surface area contributed by atoms with Crippen LogP contribution in [0.15, 0.2) is 35.2 Å². The molecule has 120 valence electrons. The normalized spacial score (nSPS) is 25.2. The number of rotatable bonds is 3. The molecule has 2 rings (SSSR count). The fourth-order valence-electron chi connectivity index (χ4n) is 2.26. The van der Waals surface area contributed by atoms with E-state index in [0.717, 1.165) is 6.26 Å². The second kappa shape index (κ2) is 5.10. The van der Waals surface area contributed by atoms with E-state index in [2.05, 4.69) is 11.8 Å². The van der Waals surface area contributed by atoms with Crippen molar-refractivity contribution < 1.29 is 16.8 Å². The van der Waals surface area contributed by atoms with E-state index in [0.29, 0.717) is 0 Å². The van der Waals surface area contributed by atoms with Gasteiger partial charge in [0.2, 0.25) is 0 Å². The molecule has 1 fully saturated rings. The third-order valence-electron chi connectivity index (χ3n) is 3.61. The molecule has 6 heteroatoms. The molecule has 0 unspecified atom stereocenters. The maximum atomic E-state index is 12.6. The lowest BCUT2D eigenvalue weighted by molar-refractivity contribution is 0.568. The van der Waals surface area contributed by atoms with Crippen molar-refractivity contribution in [1.29, 1.82) is 0 Å². The fraction of sp³-hybridized carbons (Fsp3) is 0.500. The first-order valence-corrected chi connectivity index (χ1v) is 10.4. The summed E-state index contributed by atoms with van der Waals surface area (Å²) < 4.78 is 48.1. The average Bonchev–Trinajstić information content (AvgIpc) is 3.13. The van der Waals surface area contributed by atoms with Crippen molar-refractivity contribution in [3.05, 3.63) is 30.3 Å². The zero-order valence-electron chi connectivity index (χ0n) is 13.1. The van der Waals surface area contributed by atoms with E-state index in [1.807, 2.05) is 20.8 Å². The molecule has 1 aromatic carbocycles. The summed E-state index contributed by atoms with van der Waals surface area (Å²) in [6, 6.07) is 7.93. The van der Waals surface area contributed by atoms with Gasteiger partial charge in [0.25, 0.3) is 0 Å². The Morgan fingerprint density at radius 3 is 2.09 bits per heavy atom. The number of sulfone groups is 2. The highest BCUT2D eigenvalue weighted by atomic mass is 32.2. The smallest absolute Gasteiger partial charge is 0.183 e. The van der Waals surface area contributed by atoms with E-state index >= 15 is 0 Å². The molecule has 0 amide bonds. The Balaban J connectivity index is 2.49. The first-order valence-electron chi connectivity index (χ1n) is 6.93. The lowest BCUT2D eigenvalue weighted by atomic mass is 9.98. The van der Waals surface area contributed by atoms with Gasteiger partial charge >= 0.3 is 0 Å². The topological polar surface area (TPSA) is 68.3 Å². The Hall–Kier alpha value is -1.32. The van der Waals surface area contributed by atoms with Gasteiger partial charge in [-0.2, -0.15) is 0 Å². The quantitative estimate of drug-likeness (QED) is 0.790. The van der Waals surface area contributed by atoms with E-state index in [1.54, 1.807) is 18.2 Å². The van der Waals surface area contributed by atoms with Gasteiger partial charge in [-0.25, -0.2) is 16.8 Å². The molecule has 0 bridgehead atoms. The second-order valence-electron chi connectivity index (χ2n) is 6.71.